The highest BCUT2D eigenvalue weighted by Crippen LogP contribution is 2.40. The SMILES string of the molecule is CC(=O)O[C@@H](c1cc(Br)c(CCCCO)o1)[C@@H](Cc1ccccc1)C(=O)N1C(=O)OC(C)(C)[C@H]1C(C)C. The molecule has 0 saturated carbocycles. The van der Waals surface area contributed by atoms with Gasteiger partial charge < -0.3 is 19.0 Å². The zero-order chi connectivity index (χ0) is 27.3. The normalized spacial score (nSPS) is 18.5. The molecular weight excluding hydrogens is 542 g/mol. The van der Waals surface area contributed by atoms with E-state index in [0.29, 0.717) is 35.3 Å². The van der Waals surface area contributed by atoms with Crippen LogP contribution in [-0.4, -0.2) is 46.2 Å². The molecule has 0 aliphatic carbocycles. The molecule has 0 spiro atoms. The number of nitrogens with zero attached hydrogens (tertiary/aromatic N) is 1. The zero-order valence-corrected chi connectivity index (χ0v) is 23.6. The van der Waals surface area contributed by atoms with Gasteiger partial charge in [-0.3, -0.25) is 9.59 Å². The summed E-state index contributed by atoms with van der Waals surface area (Å²) in [7, 11) is 0. The predicted octanol–water partition coefficient (Wildman–Crippen LogP) is 5.60. The molecule has 37 heavy (non-hydrogen) atoms. The molecule has 1 aliphatic rings. The van der Waals surface area contributed by atoms with Crippen molar-refractivity contribution in [1.29, 1.82) is 0 Å². The fourth-order valence-corrected chi connectivity index (χ4v) is 5.61. The number of aryl methyl sites for hydroxylation is 1. The van der Waals surface area contributed by atoms with E-state index in [1.807, 2.05) is 44.2 Å². The minimum Gasteiger partial charge on any atom is -0.461 e. The Kier molecular flexibility index (Phi) is 9.58. The van der Waals surface area contributed by atoms with E-state index in [4.69, 9.17) is 19.0 Å². The smallest absolute Gasteiger partial charge is 0.417 e. The number of hydrogen-bond acceptors (Lipinski definition) is 7. The summed E-state index contributed by atoms with van der Waals surface area (Å²) in [5.41, 5.74) is -0.0253. The summed E-state index contributed by atoms with van der Waals surface area (Å²) in [6.45, 7) is 8.82. The van der Waals surface area contributed by atoms with Crippen molar-refractivity contribution in [2.24, 2.45) is 11.8 Å². The van der Waals surface area contributed by atoms with Gasteiger partial charge in [-0.05, 0) is 66.6 Å². The standard InChI is InChI=1S/C28H36BrNO7/c1-17(2)25-28(4,5)37-27(34)30(25)26(33)20(15-19-11-7-6-8-12-19)24(35-18(3)32)23-16-21(29)22(36-23)13-9-10-14-31/h6-8,11-12,16-17,20,24-25,31H,9-10,13-15H2,1-5H3/t20-,24-,25-/m1/s1. The average molecular weight is 579 g/mol. The van der Waals surface area contributed by atoms with Gasteiger partial charge in [-0.2, -0.15) is 0 Å². The van der Waals surface area contributed by atoms with Gasteiger partial charge >= 0.3 is 12.1 Å². The lowest BCUT2D eigenvalue weighted by molar-refractivity contribution is -0.156. The van der Waals surface area contributed by atoms with Crippen LogP contribution in [0.3, 0.4) is 0 Å². The van der Waals surface area contributed by atoms with E-state index in [1.165, 1.54) is 11.8 Å². The van der Waals surface area contributed by atoms with Gasteiger partial charge in [0.25, 0.3) is 0 Å². The molecule has 2 amide bonds. The Morgan fingerprint density at radius 2 is 1.86 bits per heavy atom. The molecule has 8 nitrogen and oxygen atoms in total. The van der Waals surface area contributed by atoms with Crippen LogP contribution in [0.15, 0.2) is 45.3 Å². The summed E-state index contributed by atoms with van der Waals surface area (Å²) < 4.78 is 18.1. The number of carbonyl (C=O) groups excluding carboxylic acids is 3. The van der Waals surface area contributed by atoms with E-state index in [2.05, 4.69) is 15.9 Å². The predicted molar refractivity (Wildman–Crippen MR) is 141 cm³/mol. The molecule has 2 aromatic rings. The third-order valence-electron chi connectivity index (χ3n) is 6.55. The van der Waals surface area contributed by atoms with Gasteiger partial charge in [0.2, 0.25) is 5.91 Å². The summed E-state index contributed by atoms with van der Waals surface area (Å²) in [5.74, 6) is -1.13. The van der Waals surface area contributed by atoms with E-state index in [0.717, 1.165) is 5.56 Å². The number of imide groups is 1. The third-order valence-corrected chi connectivity index (χ3v) is 7.22. The van der Waals surface area contributed by atoms with Crippen LogP contribution in [0.4, 0.5) is 4.79 Å². The first-order valence-electron chi connectivity index (χ1n) is 12.6. The highest BCUT2D eigenvalue weighted by molar-refractivity contribution is 9.10. The van der Waals surface area contributed by atoms with Gasteiger partial charge in [0, 0.05) is 20.0 Å². The highest BCUT2D eigenvalue weighted by Gasteiger charge is 2.54. The largest absolute Gasteiger partial charge is 0.461 e. The van der Waals surface area contributed by atoms with Crippen molar-refractivity contribution in [2.45, 2.75) is 78.0 Å². The number of carbonyl (C=O) groups is 3. The molecule has 1 aromatic carbocycles. The van der Waals surface area contributed by atoms with E-state index < -0.39 is 41.6 Å². The second-order valence-corrected chi connectivity index (χ2v) is 11.1. The summed E-state index contributed by atoms with van der Waals surface area (Å²) in [6, 6.07) is 10.6. The van der Waals surface area contributed by atoms with Crippen molar-refractivity contribution in [3.63, 3.8) is 0 Å². The van der Waals surface area contributed by atoms with Crippen molar-refractivity contribution in [2.75, 3.05) is 6.61 Å². The Morgan fingerprint density at radius 3 is 2.46 bits per heavy atom. The summed E-state index contributed by atoms with van der Waals surface area (Å²) in [4.78, 5) is 40.7. The molecule has 3 rings (SSSR count). The van der Waals surface area contributed by atoms with Crippen LogP contribution in [-0.2, 0) is 31.9 Å². The number of aliphatic hydroxyl groups excluding tert-OH is 1. The Balaban J connectivity index is 2.07. The molecule has 9 heteroatoms. The van der Waals surface area contributed by atoms with Gasteiger partial charge in [0.15, 0.2) is 6.10 Å². The van der Waals surface area contributed by atoms with Crippen molar-refractivity contribution in [1.82, 2.24) is 4.90 Å². The topological polar surface area (TPSA) is 106 Å². The lowest BCUT2D eigenvalue weighted by Crippen LogP contribution is -2.51. The first-order valence-corrected chi connectivity index (χ1v) is 13.4. The lowest BCUT2D eigenvalue weighted by Gasteiger charge is -2.34. The zero-order valence-electron chi connectivity index (χ0n) is 22.0. The maximum absolute atomic E-state index is 14.2. The number of halogens is 1. The molecule has 1 saturated heterocycles. The Labute approximate surface area is 226 Å². The van der Waals surface area contributed by atoms with Crippen LogP contribution in [0.25, 0.3) is 0 Å². The fourth-order valence-electron chi connectivity index (χ4n) is 5.11. The van der Waals surface area contributed by atoms with Crippen LogP contribution < -0.4 is 0 Å². The maximum atomic E-state index is 14.2. The molecular formula is C28H36BrNO7. The molecule has 0 bridgehead atoms. The minimum atomic E-state index is -1.07. The number of benzene rings is 1. The lowest BCUT2D eigenvalue weighted by atomic mass is 9.86. The maximum Gasteiger partial charge on any atom is 0.417 e. The summed E-state index contributed by atoms with van der Waals surface area (Å²) >= 11 is 3.51. The van der Waals surface area contributed by atoms with E-state index in [1.54, 1.807) is 19.9 Å². The second kappa shape index (κ2) is 12.3. The number of furan rings is 1. The number of amides is 2. The van der Waals surface area contributed by atoms with Gasteiger partial charge in [-0.1, -0.05) is 44.2 Å². The third kappa shape index (κ3) is 6.82. The van der Waals surface area contributed by atoms with E-state index in [-0.39, 0.29) is 18.9 Å². The molecule has 1 fully saturated rings. The summed E-state index contributed by atoms with van der Waals surface area (Å²) in [6.07, 6.45) is 0.320. The monoisotopic (exact) mass is 577 g/mol. The van der Waals surface area contributed by atoms with Crippen molar-refractivity contribution >= 4 is 33.9 Å². The van der Waals surface area contributed by atoms with Crippen LogP contribution in [0.1, 0.15) is 70.6 Å². The fraction of sp³-hybridized carbons (Fsp3) is 0.536. The first-order chi connectivity index (χ1) is 17.5. The van der Waals surface area contributed by atoms with Crippen LogP contribution >= 0.6 is 15.9 Å². The van der Waals surface area contributed by atoms with Crippen molar-refractivity contribution < 1.29 is 33.4 Å². The molecule has 0 radical (unpaired) electrons. The van der Waals surface area contributed by atoms with Crippen molar-refractivity contribution in [3.05, 3.63) is 58.0 Å². The number of rotatable bonds is 11. The number of cyclic esters (lactones) is 1. The van der Waals surface area contributed by atoms with E-state index in [9.17, 15) is 14.4 Å². The number of hydrogen-bond donors (Lipinski definition) is 1. The van der Waals surface area contributed by atoms with Gasteiger partial charge in [0.05, 0.1) is 16.4 Å². The molecule has 1 N–H and O–H groups in total. The Bertz CT molecular complexity index is 1100. The van der Waals surface area contributed by atoms with Crippen molar-refractivity contribution in [3.8, 4) is 0 Å². The molecule has 2 heterocycles. The van der Waals surface area contributed by atoms with Gasteiger partial charge in [-0.15, -0.1) is 0 Å². The molecule has 1 aromatic heterocycles. The van der Waals surface area contributed by atoms with Gasteiger partial charge in [-0.25, -0.2) is 9.69 Å². The quantitative estimate of drug-likeness (QED) is 0.273. The number of aliphatic hydroxyl groups is 1. The first kappa shape index (κ1) is 28.9. The number of unbranched alkanes of at least 4 members (excludes halogenated alkanes) is 1. The Morgan fingerprint density at radius 1 is 1.19 bits per heavy atom. The van der Waals surface area contributed by atoms with Crippen LogP contribution in [0.2, 0.25) is 0 Å². The highest BCUT2D eigenvalue weighted by atomic mass is 79.9. The van der Waals surface area contributed by atoms with Crippen LogP contribution in [0, 0.1) is 11.8 Å². The minimum absolute atomic E-state index is 0.0640. The molecule has 202 valence electrons. The summed E-state index contributed by atoms with van der Waals surface area (Å²) in [5, 5.41) is 9.12. The Hall–Kier alpha value is -2.65. The second-order valence-electron chi connectivity index (χ2n) is 10.3. The molecule has 3 atom stereocenters. The van der Waals surface area contributed by atoms with Gasteiger partial charge in [0.1, 0.15) is 17.1 Å². The average Bonchev–Trinajstić information content (AvgIpc) is 3.31. The number of ether oxygens (including phenoxy) is 2. The van der Waals surface area contributed by atoms with Crippen LogP contribution in [0.5, 0.6) is 0 Å². The molecule has 1 aliphatic heterocycles. The van der Waals surface area contributed by atoms with E-state index >= 15 is 0 Å². The number of esters is 1. The molecule has 0 unspecified atom stereocenters.